The van der Waals surface area contributed by atoms with Gasteiger partial charge in [0.2, 0.25) is 0 Å². The van der Waals surface area contributed by atoms with Crippen LogP contribution in [0.2, 0.25) is 0 Å². The summed E-state index contributed by atoms with van der Waals surface area (Å²) < 4.78 is 0. The fraction of sp³-hybridized carbons (Fsp3) is 0.800. The maximum Gasteiger partial charge on any atom is 0.183 e. The van der Waals surface area contributed by atoms with Crippen LogP contribution < -0.4 is 5.32 Å². The summed E-state index contributed by atoms with van der Waals surface area (Å²) in [6, 6.07) is 0. The van der Waals surface area contributed by atoms with E-state index in [2.05, 4.69) is 15.2 Å². The maximum atomic E-state index is 8.45. The summed E-state index contributed by atoms with van der Waals surface area (Å²) in [6.45, 7) is 4.20. The Morgan fingerprint density at radius 3 is 2.80 bits per heavy atom. The van der Waals surface area contributed by atoms with E-state index in [-0.39, 0.29) is 0 Å². The number of likely N-dealkylation sites (tertiary alicyclic amines) is 1. The van der Waals surface area contributed by atoms with Gasteiger partial charge in [-0.2, -0.15) is 5.26 Å². The Bertz CT molecular complexity index is 240. The van der Waals surface area contributed by atoms with E-state index < -0.39 is 0 Å². The second-order valence-corrected chi connectivity index (χ2v) is 4.33. The van der Waals surface area contributed by atoms with E-state index in [9.17, 15) is 0 Å². The number of hydrogen-bond donors (Lipinski definition) is 1. The summed E-state index contributed by atoms with van der Waals surface area (Å²) in [5, 5.41) is 11.7. The van der Waals surface area contributed by atoms with E-state index in [1.807, 2.05) is 12.4 Å². The van der Waals surface area contributed by atoms with Crippen molar-refractivity contribution in [2.75, 3.05) is 32.4 Å². The molecule has 84 valence electrons. The van der Waals surface area contributed by atoms with Gasteiger partial charge < -0.3 is 4.90 Å². The molecule has 0 bridgehead atoms. The lowest BCUT2D eigenvalue weighted by Crippen LogP contribution is -2.32. The number of piperidine rings is 1. The highest BCUT2D eigenvalue weighted by Crippen LogP contribution is 2.07. The van der Waals surface area contributed by atoms with Gasteiger partial charge in [0.15, 0.2) is 11.4 Å². The van der Waals surface area contributed by atoms with Gasteiger partial charge in [0, 0.05) is 6.54 Å². The molecule has 0 aromatic carbocycles. The second-order valence-electron chi connectivity index (χ2n) is 3.53. The third-order valence-electron chi connectivity index (χ3n) is 2.48. The number of nitrogens with zero attached hydrogens (tertiary/aromatic N) is 3. The average molecular weight is 226 g/mol. The van der Waals surface area contributed by atoms with Crippen molar-refractivity contribution in [3.63, 3.8) is 0 Å². The average Bonchev–Trinajstić information content (AvgIpc) is 2.29. The van der Waals surface area contributed by atoms with Gasteiger partial charge in [0.25, 0.3) is 0 Å². The van der Waals surface area contributed by atoms with Gasteiger partial charge in [0.1, 0.15) is 0 Å². The van der Waals surface area contributed by atoms with Crippen molar-refractivity contribution < 1.29 is 0 Å². The molecule has 0 radical (unpaired) electrons. The number of nitrogens with one attached hydrogen (secondary N) is 1. The molecule has 1 N–H and O–H groups in total. The molecule has 1 fully saturated rings. The van der Waals surface area contributed by atoms with Crippen LogP contribution in [-0.4, -0.2) is 42.5 Å². The van der Waals surface area contributed by atoms with Crippen molar-refractivity contribution in [2.45, 2.75) is 19.3 Å². The molecule has 5 heteroatoms. The van der Waals surface area contributed by atoms with E-state index in [1.54, 1.807) is 0 Å². The van der Waals surface area contributed by atoms with Gasteiger partial charge in [-0.3, -0.25) is 10.3 Å². The van der Waals surface area contributed by atoms with Gasteiger partial charge in [-0.15, -0.1) is 0 Å². The molecule has 0 amide bonds. The number of nitriles is 1. The Balaban J connectivity index is 2.20. The van der Waals surface area contributed by atoms with E-state index >= 15 is 0 Å². The molecule has 4 nitrogen and oxygen atoms in total. The molecule has 0 saturated carbocycles. The molecule has 1 heterocycles. The Morgan fingerprint density at radius 2 is 2.20 bits per heavy atom. The van der Waals surface area contributed by atoms with Crippen LogP contribution in [0, 0.1) is 11.5 Å². The highest BCUT2D eigenvalue weighted by molar-refractivity contribution is 8.13. The fourth-order valence-electron chi connectivity index (χ4n) is 1.68. The smallest absolute Gasteiger partial charge is 0.183 e. The summed E-state index contributed by atoms with van der Waals surface area (Å²) in [5.74, 6) is 0. The molecule has 0 atom stereocenters. The fourth-order valence-corrected chi connectivity index (χ4v) is 2.05. The third kappa shape index (κ3) is 5.05. The zero-order valence-corrected chi connectivity index (χ0v) is 10.0. The number of rotatable bonds is 3. The van der Waals surface area contributed by atoms with Crippen molar-refractivity contribution in [2.24, 2.45) is 4.99 Å². The first-order chi connectivity index (χ1) is 7.36. The Hall–Kier alpha value is -0.730. The van der Waals surface area contributed by atoms with Crippen LogP contribution in [0.3, 0.4) is 0 Å². The largest absolute Gasteiger partial charge is 0.301 e. The highest BCUT2D eigenvalue weighted by atomic mass is 32.2. The van der Waals surface area contributed by atoms with Crippen LogP contribution in [0.1, 0.15) is 19.3 Å². The van der Waals surface area contributed by atoms with Crippen LogP contribution >= 0.6 is 11.8 Å². The lowest BCUT2D eigenvalue weighted by atomic mass is 10.1. The van der Waals surface area contributed by atoms with E-state index in [0.717, 1.165) is 18.3 Å². The minimum Gasteiger partial charge on any atom is -0.301 e. The predicted molar refractivity (Wildman–Crippen MR) is 64.9 cm³/mol. The minimum absolute atomic E-state index is 0.717. The van der Waals surface area contributed by atoms with Crippen LogP contribution in [0.5, 0.6) is 0 Å². The molecule has 0 unspecified atom stereocenters. The van der Waals surface area contributed by atoms with Gasteiger partial charge in [0.05, 0.1) is 6.54 Å². The second kappa shape index (κ2) is 7.55. The number of hydrogen-bond acceptors (Lipinski definition) is 4. The Morgan fingerprint density at radius 1 is 1.47 bits per heavy atom. The number of aliphatic imine (C=N–C) groups is 1. The van der Waals surface area contributed by atoms with Crippen LogP contribution in [0.25, 0.3) is 0 Å². The molecular weight excluding hydrogens is 208 g/mol. The standard InChI is InChI=1S/C10H18N4S/c1-15-10(13-9-11)12-5-8-14-6-3-2-4-7-14/h2-8H2,1H3,(H,12,13). The first kappa shape index (κ1) is 12.3. The van der Waals surface area contributed by atoms with Crippen molar-refractivity contribution in [1.82, 2.24) is 10.2 Å². The highest BCUT2D eigenvalue weighted by Gasteiger charge is 2.08. The van der Waals surface area contributed by atoms with Crippen LogP contribution in [-0.2, 0) is 0 Å². The van der Waals surface area contributed by atoms with Crippen LogP contribution in [0.4, 0.5) is 0 Å². The van der Waals surface area contributed by atoms with Gasteiger partial charge in [-0.1, -0.05) is 18.2 Å². The molecule has 0 spiro atoms. The molecule has 1 saturated heterocycles. The molecule has 0 aromatic rings. The SMILES string of the molecule is CSC(=NCCN1CCCCC1)NC#N. The zero-order valence-electron chi connectivity index (χ0n) is 9.20. The van der Waals surface area contributed by atoms with E-state index in [4.69, 9.17) is 5.26 Å². The number of amidine groups is 1. The van der Waals surface area contributed by atoms with Gasteiger partial charge in [-0.05, 0) is 32.2 Å². The Kier molecular flexibility index (Phi) is 6.21. The van der Waals surface area contributed by atoms with E-state index in [0.29, 0.717) is 0 Å². The zero-order chi connectivity index (χ0) is 10.9. The Labute approximate surface area is 95.7 Å². The lowest BCUT2D eigenvalue weighted by Gasteiger charge is -2.25. The van der Waals surface area contributed by atoms with Crippen molar-refractivity contribution in [3.8, 4) is 6.19 Å². The number of thioether (sulfide) groups is 1. The molecule has 1 aliphatic heterocycles. The first-order valence-electron chi connectivity index (χ1n) is 5.32. The lowest BCUT2D eigenvalue weighted by molar-refractivity contribution is 0.235. The minimum atomic E-state index is 0.717. The molecule has 1 rings (SSSR count). The molecule has 0 aliphatic carbocycles. The van der Waals surface area contributed by atoms with Crippen molar-refractivity contribution in [3.05, 3.63) is 0 Å². The molecule has 0 aromatic heterocycles. The summed E-state index contributed by atoms with van der Waals surface area (Å²) >= 11 is 1.48. The van der Waals surface area contributed by atoms with Gasteiger partial charge >= 0.3 is 0 Å². The van der Waals surface area contributed by atoms with Crippen LogP contribution in [0.15, 0.2) is 4.99 Å². The van der Waals surface area contributed by atoms with Gasteiger partial charge in [-0.25, -0.2) is 0 Å². The molecular formula is C10H18N4S. The predicted octanol–water partition coefficient (Wildman–Crippen LogP) is 1.26. The maximum absolute atomic E-state index is 8.45. The topological polar surface area (TPSA) is 51.4 Å². The first-order valence-corrected chi connectivity index (χ1v) is 6.55. The van der Waals surface area contributed by atoms with E-state index in [1.165, 1.54) is 44.1 Å². The molecule has 15 heavy (non-hydrogen) atoms. The third-order valence-corrected chi connectivity index (χ3v) is 3.09. The van der Waals surface area contributed by atoms with Crippen molar-refractivity contribution in [1.29, 1.82) is 5.26 Å². The summed E-state index contributed by atoms with van der Waals surface area (Å²) in [6.07, 6.45) is 7.81. The molecule has 1 aliphatic rings. The quantitative estimate of drug-likeness (QED) is 0.341. The summed E-state index contributed by atoms with van der Waals surface area (Å²) in [7, 11) is 0. The van der Waals surface area contributed by atoms with Crippen molar-refractivity contribution >= 4 is 16.9 Å². The summed E-state index contributed by atoms with van der Waals surface area (Å²) in [5.41, 5.74) is 0. The monoisotopic (exact) mass is 226 g/mol. The normalized spacial score (nSPS) is 18.5. The summed E-state index contributed by atoms with van der Waals surface area (Å²) in [4.78, 5) is 6.77.